The third-order valence-electron chi connectivity index (χ3n) is 3.67. The number of fused-ring (bicyclic) bond motifs is 1. The molecule has 0 spiro atoms. The number of nitrogen functional groups attached to an aromatic ring is 1. The van der Waals surface area contributed by atoms with Gasteiger partial charge in [-0.3, -0.25) is 4.79 Å². The van der Waals surface area contributed by atoms with E-state index in [1.807, 2.05) is 12.1 Å². The molecule has 1 aliphatic carbocycles. The van der Waals surface area contributed by atoms with Crippen molar-refractivity contribution in [2.45, 2.75) is 12.3 Å². The highest BCUT2D eigenvalue weighted by atomic mass is 16.5. The molecule has 20 heavy (non-hydrogen) atoms. The number of hydrogen-bond acceptors (Lipinski definition) is 3. The number of amides is 1. The minimum absolute atomic E-state index is 0.367. The van der Waals surface area contributed by atoms with Crippen molar-refractivity contribution in [1.29, 1.82) is 0 Å². The number of nitrogens with two attached hydrogens (primary N) is 2. The van der Waals surface area contributed by atoms with Crippen LogP contribution in [0.2, 0.25) is 0 Å². The number of hydrogen-bond donors (Lipinski definition) is 2. The summed E-state index contributed by atoms with van der Waals surface area (Å²) in [6, 6.07) is 13.2. The van der Waals surface area contributed by atoms with Crippen molar-refractivity contribution in [3.05, 3.63) is 59.2 Å². The molecule has 0 radical (unpaired) electrons. The van der Waals surface area contributed by atoms with E-state index in [-0.39, 0.29) is 0 Å². The van der Waals surface area contributed by atoms with Crippen LogP contribution in [0.5, 0.6) is 5.75 Å². The zero-order chi connectivity index (χ0) is 14.1. The van der Waals surface area contributed by atoms with Crippen molar-refractivity contribution in [3.8, 4) is 5.75 Å². The normalized spacial score (nSPS) is 16.1. The maximum atomic E-state index is 11.4. The van der Waals surface area contributed by atoms with Crippen LogP contribution in [-0.2, 0) is 6.42 Å². The quantitative estimate of drug-likeness (QED) is 0.833. The van der Waals surface area contributed by atoms with Gasteiger partial charge in [-0.15, -0.1) is 0 Å². The molecular weight excluding hydrogens is 252 g/mol. The maximum Gasteiger partial charge on any atom is 0.252 e. The summed E-state index contributed by atoms with van der Waals surface area (Å²) in [4.78, 5) is 11.4. The molecule has 0 aromatic heterocycles. The summed E-state index contributed by atoms with van der Waals surface area (Å²) in [5, 5.41) is 0. The topological polar surface area (TPSA) is 78.3 Å². The first kappa shape index (κ1) is 12.5. The Balaban J connectivity index is 1.74. The predicted molar refractivity (Wildman–Crippen MR) is 77.8 cm³/mol. The summed E-state index contributed by atoms with van der Waals surface area (Å²) in [5.41, 5.74) is 14.7. The Bertz CT molecular complexity index is 667. The van der Waals surface area contributed by atoms with Gasteiger partial charge in [-0.2, -0.15) is 0 Å². The van der Waals surface area contributed by atoms with Crippen molar-refractivity contribution in [2.75, 3.05) is 12.3 Å². The van der Waals surface area contributed by atoms with Gasteiger partial charge in [0.15, 0.2) is 0 Å². The highest BCUT2D eigenvalue weighted by Gasteiger charge is 2.26. The number of anilines is 1. The molecule has 4 N–H and O–H groups in total. The van der Waals surface area contributed by atoms with Crippen LogP contribution in [0.15, 0.2) is 42.5 Å². The summed E-state index contributed by atoms with van der Waals surface area (Å²) in [6.07, 6.45) is 1.00. The van der Waals surface area contributed by atoms with Gasteiger partial charge in [0.2, 0.25) is 0 Å². The Hall–Kier alpha value is -2.49. The Morgan fingerprint density at radius 3 is 2.80 bits per heavy atom. The van der Waals surface area contributed by atoms with Crippen LogP contribution in [-0.4, -0.2) is 12.5 Å². The van der Waals surface area contributed by atoms with E-state index in [1.165, 1.54) is 11.1 Å². The molecular formula is C16H16N2O2. The van der Waals surface area contributed by atoms with E-state index in [0.29, 0.717) is 29.5 Å². The first-order valence-electron chi connectivity index (χ1n) is 6.55. The van der Waals surface area contributed by atoms with Crippen LogP contribution in [0, 0.1) is 0 Å². The number of carbonyl (C=O) groups is 1. The third kappa shape index (κ3) is 2.20. The Morgan fingerprint density at radius 2 is 2.05 bits per heavy atom. The van der Waals surface area contributed by atoms with E-state index in [2.05, 4.69) is 12.1 Å². The molecule has 102 valence electrons. The molecule has 0 fully saturated rings. The first-order chi connectivity index (χ1) is 9.65. The standard InChI is InChI=1S/C16H16N2O2/c17-12-5-6-14(16(18)19)15(8-12)20-9-11-7-10-3-1-2-4-13(10)11/h1-6,8,11H,7,9,17H2,(H2,18,19). The zero-order valence-corrected chi connectivity index (χ0v) is 11.0. The van der Waals surface area contributed by atoms with Crippen LogP contribution >= 0.6 is 0 Å². The van der Waals surface area contributed by atoms with E-state index in [9.17, 15) is 4.79 Å². The van der Waals surface area contributed by atoms with Gasteiger partial charge in [0.25, 0.3) is 5.91 Å². The SMILES string of the molecule is NC(=O)c1ccc(N)cc1OCC1Cc2ccccc21. The Kier molecular flexibility index (Phi) is 3.06. The lowest BCUT2D eigenvalue weighted by molar-refractivity contribution is 0.0996. The Labute approximate surface area is 117 Å². The molecule has 1 unspecified atom stereocenters. The predicted octanol–water partition coefficient (Wildman–Crippen LogP) is 2.09. The van der Waals surface area contributed by atoms with Gasteiger partial charge in [-0.1, -0.05) is 24.3 Å². The first-order valence-corrected chi connectivity index (χ1v) is 6.55. The van der Waals surface area contributed by atoms with Crippen LogP contribution in [0.1, 0.15) is 27.4 Å². The van der Waals surface area contributed by atoms with Gasteiger partial charge in [-0.25, -0.2) is 0 Å². The van der Waals surface area contributed by atoms with Gasteiger partial charge < -0.3 is 16.2 Å². The number of primary amides is 1. The van der Waals surface area contributed by atoms with Crippen LogP contribution in [0.4, 0.5) is 5.69 Å². The maximum absolute atomic E-state index is 11.4. The summed E-state index contributed by atoms with van der Waals surface area (Å²) in [5.74, 6) is 0.323. The smallest absolute Gasteiger partial charge is 0.252 e. The largest absolute Gasteiger partial charge is 0.492 e. The molecule has 4 heteroatoms. The molecule has 0 saturated carbocycles. The van der Waals surface area contributed by atoms with Crippen molar-refractivity contribution in [1.82, 2.24) is 0 Å². The van der Waals surface area contributed by atoms with E-state index in [0.717, 1.165) is 6.42 Å². The summed E-state index contributed by atoms with van der Waals surface area (Å²) in [7, 11) is 0. The van der Waals surface area contributed by atoms with Crippen LogP contribution in [0.25, 0.3) is 0 Å². The summed E-state index contributed by atoms with van der Waals surface area (Å²) < 4.78 is 5.76. The summed E-state index contributed by atoms with van der Waals surface area (Å²) >= 11 is 0. The van der Waals surface area contributed by atoms with Crippen molar-refractivity contribution < 1.29 is 9.53 Å². The van der Waals surface area contributed by atoms with Crippen LogP contribution in [0.3, 0.4) is 0 Å². The lowest BCUT2D eigenvalue weighted by Gasteiger charge is -2.30. The lowest BCUT2D eigenvalue weighted by atomic mass is 9.78. The fourth-order valence-electron chi connectivity index (χ4n) is 2.56. The highest BCUT2D eigenvalue weighted by Crippen LogP contribution is 2.35. The molecule has 0 bridgehead atoms. The van der Waals surface area contributed by atoms with Gasteiger partial charge in [0.1, 0.15) is 5.75 Å². The third-order valence-corrected chi connectivity index (χ3v) is 3.67. The second-order valence-corrected chi connectivity index (χ2v) is 5.03. The van der Waals surface area contributed by atoms with Crippen LogP contribution < -0.4 is 16.2 Å². The molecule has 2 aromatic carbocycles. The highest BCUT2D eigenvalue weighted by molar-refractivity contribution is 5.96. The fourth-order valence-corrected chi connectivity index (χ4v) is 2.56. The molecule has 4 nitrogen and oxygen atoms in total. The average Bonchev–Trinajstić information content (AvgIpc) is 2.39. The minimum Gasteiger partial charge on any atom is -0.492 e. The molecule has 0 heterocycles. The van der Waals surface area contributed by atoms with Crippen molar-refractivity contribution >= 4 is 11.6 Å². The molecule has 0 saturated heterocycles. The number of ether oxygens (including phenoxy) is 1. The van der Waals surface area contributed by atoms with Gasteiger partial charge >= 0.3 is 0 Å². The zero-order valence-electron chi connectivity index (χ0n) is 11.0. The van der Waals surface area contributed by atoms with E-state index in [4.69, 9.17) is 16.2 Å². The lowest BCUT2D eigenvalue weighted by Crippen LogP contribution is -2.24. The number of carbonyl (C=O) groups excluding carboxylic acids is 1. The second-order valence-electron chi connectivity index (χ2n) is 5.03. The second kappa shape index (κ2) is 4.89. The summed E-state index contributed by atoms with van der Waals surface area (Å²) in [6.45, 7) is 0.529. The molecule has 1 amide bonds. The molecule has 1 atom stereocenters. The van der Waals surface area contributed by atoms with E-state index >= 15 is 0 Å². The molecule has 2 aromatic rings. The Morgan fingerprint density at radius 1 is 1.25 bits per heavy atom. The molecule has 0 aliphatic heterocycles. The van der Waals surface area contributed by atoms with E-state index < -0.39 is 5.91 Å². The van der Waals surface area contributed by atoms with Crippen molar-refractivity contribution in [3.63, 3.8) is 0 Å². The van der Waals surface area contributed by atoms with Gasteiger partial charge in [-0.05, 0) is 29.7 Å². The minimum atomic E-state index is -0.506. The molecule has 3 rings (SSSR count). The van der Waals surface area contributed by atoms with Crippen molar-refractivity contribution in [2.24, 2.45) is 5.73 Å². The average molecular weight is 268 g/mol. The van der Waals surface area contributed by atoms with Gasteiger partial charge in [0, 0.05) is 17.7 Å². The number of rotatable bonds is 4. The number of benzene rings is 2. The van der Waals surface area contributed by atoms with Gasteiger partial charge in [0.05, 0.1) is 12.2 Å². The fraction of sp³-hybridized carbons (Fsp3) is 0.188. The monoisotopic (exact) mass is 268 g/mol. The molecule has 1 aliphatic rings. The van der Waals surface area contributed by atoms with E-state index in [1.54, 1.807) is 18.2 Å².